The molecular formula is C20H20N8O. The standard InChI is InChI=1S/C20H20N8O/c1-22-19-15-6-23-17(21)5-14(15)16(7-24-19)20-25-18-3-2-11(8-28(18)26-20)27-9-13-4-12(27)10-29-13/h2-3,5-8,12-13H,4,9-10H2,1H3,(H2,21,23)(H,22,24)/t12-,13-/m1/s1. The molecule has 146 valence electrons. The minimum absolute atomic E-state index is 0.351. The van der Waals surface area contributed by atoms with Gasteiger partial charge in [0.1, 0.15) is 11.6 Å². The predicted octanol–water partition coefficient (Wildman–Crippen LogP) is 1.94. The van der Waals surface area contributed by atoms with Gasteiger partial charge in [-0.05, 0) is 24.6 Å². The number of hydrogen-bond acceptors (Lipinski definition) is 8. The van der Waals surface area contributed by atoms with Gasteiger partial charge in [0, 0.05) is 42.3 Å². The fraction of sp³-hybridized carbons (Fsp3) is 0.300. The van der Waals surface area contributed by atoms with E-state index in [1.54, 1.807) is 12.4 Å². The first-order valence-electron chi connectivity index (χ1n) is 9.66. The Balaban J connectivity index is 1.46. The van der Waals surface area contributed by atoms with Crippen molar-refractivity contribution in [3.05, 3.63) is 36.8 Å². The Hall–Kier alpha value is -3.46. The number of nitrogens with zero attached hydrogens (tertiary/aromatic N) is 6. The van der Waals surface area contributed by atoms with E-state index >= 15 is 0 Å². The van der Waals surface area contributed by atoms with Crippen LogP contribution in [-0.4, -0.2) is 56.9 Å². The number of morpholine rings is 1. The molecule has 0 aliphatic carbocycles. The van der Waals surface area contributed by atoms with Crippen LogP contribution >= 0.6 is 0 Å². The van der Waals surface area contributed by atoms with E-state index < -0.39 is 0 Å². The fourth-order valence-corrected chi connectivity index (χ4v) is 4.40. The van der Waals surface area contributed by atoms with E-state index in [1.807, 2.05) is 29.9 Å². The van der Waals surface area contributed by atoms with Gasteiger partial charge in [0.05, 0.1) is 30.6 Å². The topological polar surface area (TPSA) is 106 Å². The molecule has 2 atom stereocenters. The lowest BCUT2D eigenvalue weighted by molar-refractivity contribution is 0.0991. The summed E-state index contributed by atoms with van der Waals surface area (Å²) in [5, 5.41) is 9.63. The Morgan fingerprint density at radius 2 is 2.14 bits per heavy atom. The molecule has 2 bridgehead atoms. The molecule has 0 radical (unpaired) electrons. The first-order chi connectivity index (χ1) is 14.2. The largest absolute Gasteiger partial charge is 0.384 e. The summed E-state index contributed by atoms with van der Waals surface area (Å²) >= 11 is 0. The highest BCUT2D eigenvalue weighted by atomic mass is 16.5. The van der Waals surface area contributed by atoms with Gasteiger partial charge in [-0.3, -0.25) is 0 Å². The Morgan fingerprint density at radius 1 is 1.21 bits per heavy atom. The van der Waals surface area contributed by atoms with Crippen molar-refractivity contribution in [2.24, 2.45) is 0 Å². The van der Waals surface area contributed by atoms with Crippen molar-refractivity contribution in [1.82, 2.24) is 24.6 Å². The number of nitrogens with one attached hydrogen (secondary N) is 1. The molecule has 29 heavy (non-hydrogen) atoms. The van der Waals surface area contributed by atoms with Crippen molar-refractivity contribution in [2.75, 3.05) is 36.1 Å². The zero-order valence-electron chi connectivity index (χ0n) is 15.9. The van der Waals surface area contributed by atoms with Gasteiger partial charge >= 0.3 is 0 Å². The van der Waals surface area contributed by atoms with E-state index in [1.165, 1.54) is 0 Å². The van der Waals surface area contributed by atoms with E-state index in [0.29, 0.717) is 23.8 Å². The molecule has 0 unspecified atom stereocenters. The second kappa shape index (κ2) is 6.02. The van der Waals surface area contributed by atoms with Crippen LogP contribution in [0.15, 0.2) is 36.8 Å². The molecule has 0 aromatic carbocycles. The van der Waals surface area contributed by atoms with E-state index in [-0.39, 0.29) is 0 Å². The Morgan fingerprint density at radius 3 is 2.93 bits per heavy atom. The van der Waals surface area contributed by atoms with Crippen LogP contribution in [-0.2, 0) is 4.74 Å². The van der Waals surface area contributed by atoms with Gasteiger partial charge < -0.3 is 20.7 Å². The molecule has 4 aromatic rings. The molecule has 3 N–H and O–H groups in total. The number of nitrogen functional groups attached to an aromatic ring is 1. The van der Waals surface area contributed by atoms with Crippen LogP contribution in [0.3, 0.4) is 0 Å². The summed E-state index contributed by atoms with van der Waals surface area (Å²) in [7, 11) is 1.83. The van der Waals surface area contributed by atoms with Crippen molar-refractivity contribution in [2.45, 2.75) is 18.6 Å². The number of hydrogen-bond donors (Lipinski definition) is 2. The van der Waals surface area contributed by atoms with Gasteiger partial charge in [-0.1, -0.05) is 0 Å². The van der Waals surface area contributed by atoms with Crippen LogP contribution in [0, 0.1) is 0 Å². The van der Waals surface area contributed by atoms with Gasteiger partial charge in [-0.25, -0.2) is 19.5 Å². The van der Waals surface area contributed by atoms with Crippen molar-refractivity contribution in [3.63, 3.8) is 0 Å². The lowest BCUT2D eigenvalue weighted by Crippen LogP contribution is -2.37. The van der Waals surface area contributed by atoms with Crippen LogP contribution in [0.5, 0.6) is 0 Å². The number of nitrogens with two attached hydrogens (primary N) is 1. The number of pyridine rings is 3. The first-order valence-corrected chi connectivity index (χ1v) is 9.66. The maximum atomic E-state index is 5.94. The van der Waals surface area contributed by atoms with E-state index in [9.17, 15) is 0 Å². The smallest absolute Gasteiger partial charge is 0.184 e. The SMILES string of the molecule is CNc1ncc(-c2nc3ccc(N4C[C@H]5C[C@@H]4CO5)cn3n2)c2cc(N)ncc12. The quantitative estimate of drug-likeness (QED) is 0.548. The third-order valence-electron chi connectivity index (χ3n) is 5.82. The van der Waals surface area contributed by atoms with Crippen molar-refractivity contribution in [3.8, 4) is 11.4 Å². The molecule has 6 heterocycles. The molecule has 6 rings (SSSR count). The molecule has 9 nitrogen and oxygen atoms in total. The van der Waals surface area contributed by atoms with Crippen LogP contribution in [0.25, 0.3) is 27.8 Å². The molecule has 4 aromatic heterocycles. The maximum Gasteiger partial charge on any atom is 0.184 e. The third kappa shape index (κ3) is 2.51. The van der Waals surface area contributed by atoms with Gasteiger partial charge in [0.25, 0.3) is 0 Å². The minimum atomic E-state index is 0.351. The van der Waals surface area contributed by atoms with Crippen LogP contribution in [0.2, 0.25) is 0 Å². The van der Waals surface area contributed by atoms with E-state index in [2.05, 4.69) is 26.3 Å². The highest BCUT2D eigenvalue weighted by Gasteiger charge is 2.39. The zero-order valence-corrected chi connectivity index (χ0v) is 15.9. The summed E-state index contributed by atoms with van der Waals surface area (Å²) in [5.41, 5.74) is 8.70. The number of ether oxygens (including phenoxy) is 1. The van der Waals surface area contributed by atoms with Crippen LogP contribution in [0.1, 0.15) is 6.42 Å². The molecule has 2 fully saturated rings. The van der Waals surface area contributed by atoms with Crippen molar-refractivity contribution >= 4 is 33.7 Å². The Labute approximate surface area is 166 Å². The molecule has 0 amide bonds. The normalized spacial score (nSPS) is 20.8. The summed E-state index contributed by atoms with van der Waals surface area (Å²) in [6.07, 6.45) is 7.00. The highest BCUT2D eigenvalue weighted by molar-refractivity contribution is 6.01. The molecule has 2 saturated heterocycles. The summed E-state index contributed by atoms with van der Waals surface area (Å²) in [4.78, 5) is 15.8. The van der Waals surface area contributed by atoms with Gasteiger partial charge in [-0.15, -0.1) is 5.10 Å². The molecule has 0 saturated carbocycles. The second-order valence-corrected chi connectivity index (χ2v) is 7.55. The predicted molar refractivity (Wildman–Crippen MR) is 111 cm³/mol. The Kier molecular flexibility index (Phi) is 3.42. The molecule has 0 spiro atoms. The average molecular weight is 388 g/mol. The molecular weight excluding hydrogens is 368 g/mol. The number of anilines is 3. The Bertz CT molecular complexity index is 1250. The van der Waals surface area contributed by atoms with Gasteiger partial charge in [-0.2, -0.15) is 0 Å². The third-order valence-corrected chi connectivity index (χ3v) is 5.82. The van der Waals surface area contributed by atoms with Gasteiger partial charge in [0.15, 0.2) is 11.5 Å². The van der Waals surface area contributed by atoms with Crippen LogP contribution in [0.4, 0.5) is 17.3 Å². The second-order valence-electron chi connectivity index (χ2n) is 7.55. The zero-order chi connectivity index (χ0) is 19.5. The highest BCUT2D eigenvalue weighted by Crippen LogP contribution is 2.34. The fourth-order valence-electron chi connectivity index (χ4n) is 4.40. The maximum absolute atomic E-state index is 5.94. The molecule has 2 aliphatic rings. The summed E-state index contributed by atoms with van der Waals surface area (Å²) < 4.78 is 7.55. The number of rotatable bonds is 3. The lowest BCUT2D eigenvalue weighted by atomic mass is 10.1. The number of fused-ring (bicyclic) bond motifs is 4. The van der Waals surface area contributed by atoms with Gasteiger partial charge in [0.2, 0.25) is 0 Å². The summed E-state index contributed by atoms with van der Waals surface area (Å²) in [5.74, 6) is 1.80. The number of aromatic nitrogens is 5. The van der Waals surface area contributed by atoms with Crippen molar-refractivity contribution < 1.29 is 4.74 Å². The minimum Gasteiger partial charge on any atom is -0.384 e. The van der Waals surface area contributed by atoms with Crippen molar-refractivity contribution in [1.29, 1.82) is 0 Å². The molecule has 9 heteroatoms. The summed E-state index contributed by atoms with van der Waals surface area (Å²) in [6, 6.07) is 6.41. The van der Waals surface area contributed by atoms with E-state index in [4.69, 9.17) is 20.6 Å². The monoisotopic (exact) mass is 388 g/mol. The lowest BCUT2D eigenvalue weighted by Gasteiger charge is -2.28. The molecule has 2 aliphatic heterocycles. The average Bonchev–Trinajstić information content (AvgIpc) is 3.47. The van der Waals surface area contributed by atoms with Crippen LogP contribution < -0.4 is 16.0 Å². The summed E-state index contributed by atoms with van der Waals surface area (Å²) in [6.45, 7) is 1.74. The first kappa shape index (κ1) is 16.5. The van der Waals surface area contributed by atoms with E-state index in [0.717, 1.165) is 53.1 Å².